The van der Waals surface area contributed by atoms with E-state index in [9.17, 15) is 22.4 Å². The van der Waals surface area contributed by atoms with Crippen LogP contribution in [0.15, 0.2) is 48.5 Å². The highest BCUT2D eigenvalue weighted by Crippen LogP contribution is 2.27. The van der Waals surface area contributed by atoms with Gasteiger partial charge < -0.3 is 10.2 Å². The summed E-state index contributed by atoms with van der Waals surface area (Å²) in [6.07, 6.45) is 0.959. The minimum atomic E-state index is -3.90. The van der Waals surface area contributed by atoms with Crippen molar-refractivity contribution in [3.63, 3.8) is 0 Å². The molecule has 0 saturated carbocycles. The number of nitrogens with zero attached hydrogens (tertiary/aromatic N) is 2. The van der Waals surface area contributed by atoms with Gasteiger partial charge in [0.1, 0.15) is 18.4 Å². The van der Waals surface area contributed by atoms with Gasteiger partial charge in [-0.3, -0.25) is 13.9 Å². The van der Waals surface area contributed by atoms with Crippen molar-refractivity contribution in [2.24, 2.45) is 0 Å². The average molecular weight is 498 g/mol. The first-order chi connectivity index (χ1) is 15.2. The van der Waals surface area contributed by atoms with Crippen LogP contribution in [0.2, 0.25) is 5.02 Å². The molecule has 0 heterocycles. The van der Waals surface area contributed by atoms with Gasteiger partial charge in [-0.15, -0.1) is 0 Å². The molecule has 0 bridgehead atoms. The fourth-order valence-corrected chi connectivity index (χ4v) is 4.26. The Morgan fingerprint density at radius 1 is 1.09 bits per heavy atom. The van der Waals surface area contributed by atoms with Crippen molar-refractivity contribution in [2.45, 2.75) is 45.8 Å². The average Bonchev–Trinajstić information content (AvgIpc) is 2.69. The fraction of sp³-hybridized carbons (Fsp3) is 0.391. The number of carbonyl (C=O) groups is 2. The number of halogens is 2. The van der Waals surface area contributed by atoms with Gasteiger partial charge in [0.25, 0.3) is 0 Å². The molecule has 10 heteroatoms. The molecule has 0 aliphatic rings. The first kappa shape index (κ1) is 26.6. The number of rotatable bonds is 8. The van der Waals surface area contributed by atoms with Crippen molar-refractivity contribution < 1.29 is 22.4 Å². The molecule has 0 unspecified atom stereocenters. The summed E-state index contributed by atoms with van der Waals surface area (Å²) in [6.45, 7) is 6.07. The molecule has 2 aromatic carbocycles. The summed E-state index contributed by atoms with van der Waals surface area (Å²) in [7, 11) is -3.90. The maximum atomic E-state index is 14.4. The molecule has 0 spiro atoms. The number of hydrogen-bond acceptors (Lipinski definition) is 4. The van der Waals surface area contributed by atoms with E-state index in [2.05, 4.69) is 5.32 Å². The monoisotopic (exact) mass is 497 g/mol. The summed E-state index contributed by atoms with van der Waals surface area (Å²) in [6, 6.07) is 11.1. The van der Waals surface area contributed by atoms with Crippen molar-refractivity contribution in [3.8, 4) is 0 Å². The Bertz CT molecular complexity index is 1120. The second kappa shape index (κ2) is 10.5. The van der Waals surface area contributed by atoms with Gasteiger partial charge in [0.2, 0.25) is 21.8 Å². The Balaban J connectivity index is 2.43. The molecule has 0 aromatic heterocycles. The molecule has 0 saturated heterocycles. The van der Waals surface area contributed by atoms with Gasteiger partial charge in [0.15, 0.2) is 0 Å². The molecule has 0 radical (unpaired) electrons. The minimum absolute atomic E-state index is 0.132. The molecular formula is C23H29ClFN3O4S. The first-order valence-corrected chi connectivity index (χ1v) is 12.5. The quantitative estimate of drug-likeness (QED) is 0.604. The Kier molecular flexibility index (Phi) is 8.48. The molecule has 2 aromatic rings. The van der Waals surface area contributed by atoms with Crippen LogP contribution in [0.25, 0.3) is 0 Å². The van der Waals surface area contributed by atoms with Crippen LogP contribution in [-0.4, -0.2) is 49.5 Å². The van der Waals surface area contributed by atoms with Crippen LogP contribution >= 0.6 is 11.6 Å². The molecule has 0 fully saturated rings. The third-order valence-corrected chi connectivity index (χ3v) is 6.21. The van der Waals surface area contributed by atoms with E-state index in [1.54, 1.807) is 39.0 Å². The zero-order valence-corrected chi connectivity index (χ0v) is 20.9. The number of benzene rings is 2. The predicted octanol–water partition coefficient (Wildman–Crippen LogP) is 3.58. The third kappa shape index (κ3) is 7.43. The van der Waals surface area contributed by atoms with E-state index < -0.39 is 45.8 Å². The Hall–Kier alpha value is -2.65. The van der Waals surface area contributed by atoms with Gasteiger partial charge in [-0.1, -0.05) is 41.9 Å². The van der Waals surface area contributed by atoms with Crippen LogP contribution in [0.4, 0.5) is 10.1 Å². The largest absolute Gasteiger partial charge is 0.350 e. The maximum Gasteiger partial charge on any atom is 0.244 e. The summed E-state index contributed by atoms with van der Waals surface area (Å²) >= 11 is 6.18. The van der Waals surface area contributed by atoms with Gasteiger partial charge >= 0.3 is 0 Å². The summed E-state index contributed by atoms with van der Waals surface area (Å²) in [5.74, 6) is -1.67. The lowest BCUT2D eigenvalue weighted by Crippen LogP contribution is -2.54. The molecule has 2 amide bonds. The van der Waals surface area contributed by atoms with Crippen LogP contribution in [0.5, 0.6) is 0 Å². The Morgan fingerprint density at radius 3 is 2.21 bits per heavy atom. The van der Waals surface area contributed by atoms with E-state index in [1.165, 1.54) is 37.3 Å². The zero-order valence-electron chi connectivity index (χ0n) is 19.3. The molecule has 7 nitrogen and oxygen atoms in total. The standard InChI is InChI=1S/C23H29ClFN3O4S/c1-16(22(30)26-23(2,3)4)27(14-17-10-6-8-12-19(17)25)21(29)15-28(33(5,31)32)20-13-9-7-11-18(20)24/h6-13,16H,14-15H2,1-5H3,(H,26,30)/t16-/m1/s1. The van der Waals surface area contributed by atoms with E-state index >= 15 is 0 Å². The Morgan fingerprint density at radius 2 is 1.67 bits per heavy atom. The van der Waals surface area contributed by atoms with E-state index in [1.807, 2.05) is 0 Å². The number of amides is 2. The lowest BCUT2D eigenvalue weighted by atomic mass is 10.1. The molecule has 180 valence electrons. The summed E-state index contributed by atoms with van der Waals surface area (Å²) in [4.78, 5) is 27.4. The van der Waals surface area contributed by atoms with Gasteiger partial charge in [0, 0.05) is 17.6 Å². The summed E-state index contributed by atoms with van der Waals surface area (Å²) < 4.78 is 40.2. The van der Waals surface area contributed by atoms with Crippen molar-refractivity contribution in [3.05, 3.63) is 64.9 Å². The molecule has 1 N–H and O–H groups in total. The molecule has 0 aliphatic carbocycles. The van der Waals surface area contributed by atoms with Crippen molar-refractivity contribution in [1.82, 2.24) is 10.2 Å². The highest BCUT2D eigenvalue weighted by molar-refractivity contribution is 7.92. The SMILES string of the molecule is C[C@H](C(=O)NC(C)(C)C)N(Cc1ccccc1F)C(=O)CN(c1ccccc1Cl)S(C)(=O)=O. The summed E-state index contributed by atoms with van der Waals surface area (Å²) in [5, 5.41) is 2.95. The molecule has 2 rings (SSSR count). The lowest BCUT2D eigenvalue weighted by molar-refractivity contribution is -0.140. The van der Waals surface area contributed by atoms with E-state index in [0.717, 1.165) is 15.5 Å². The Labute approximate surface area is 199 Å². The number of sulfonamides is 1. The smallest absolute Gasteiger partial charge is 0.244 e. The van der Waals surface area contributed by atoms with Crippen molar-refractivity contribution >= 4 is 39.1 Å². The van der Waals surface area contributed by atoms with Gasteiger partial charge in [-0.05, 0) is 45.9 Å². The zero-order chi connectivity index (χ0) is 25.0. The van der Waals surface area contributed by atoms with Crippen LogP contribution in [0.3, 0.4) is 0 Å². The van der Waals surface area contributed by atoms with Crippen LogP contribution in [-0.2, 0) is 26.2 Å². The van der Waals surface area contributed by atoms with Crippen LogP contribution in [0, 0.1) is 5.82 Å². The highest BCUT2D eigenvalue weighted by Gasteiger charge is 2.32. The maximum absolute atomic E-state index is 14.4. The second-order valence-electron chi connectivity index (χ2n) is 8.75. The summed E-state index contributed by atoms with van der Waals surface area (Å²) in [5.41, 5.74) is -0.230. The van der Waals surface area contributed by atoms with Gasteiger partial charge in [-0.2, -0.15) is 0 Å². The van der Waals surface area contributed by atoms with Crippen LogP contribution < -0.4 is 9.62 Å². The second-order valence-corrected chi connectivity index (χ2v) is 11.1. The number of carbonyl (C=O) groups excluding carboxylic acids is 2. The van der Waals surface area contributed by atoms with E-state index in [-0.39, 0.29) is 22.8 Å². The van der Waals surface area contributed by atoms with Crippen molar-refractivity contribution in [1.29, 1.82) is 0 Å². The normalized spacial score (nSPS) is 12.7. The highest BCUT2D eigenvalue weighted by atomic mass is 35.5. The fourth-order valence-electron chi connectivity index (χ4n) is 3.12. The minimum Gasteiger partial charge on any atom is -0.350 e. The molecule has 1 atom stereocenters. The topological polar surface area (TPSA) is 86.8 Å². The number of para-hydroxylation sites is 1. The lowest BCUT2D eigenvalue weighted by Gasteiger charge is -2.33. The molecule has 33 heavy (non-hydrogen) atoms. The van der Waals surface area contributed by atoms with Crippen LogP contribution in [0.1, 0.15) is 33.3 Å². The number of hydrogen-bond donors (Lipinski definition) is 1. The predicted molar refractivity (Wildman–Crippen MR) is 128 cm³/mol. The molecule has 0 aliphatic heterocycles. The van der Waals surface area contributed by atoms with E-state index in [0.29, 0.717) is 0 Å². The number of nitrogens with one attached hydrogen (secondary N) is 1. The molecular weight excluding hydrogens is 469 g/mol. The first-order valence-electron chi connectivity index (χ1n) is 10.3. The van der Waals surface area contributed by atoms with E-state index in [4.69, 9.17) is 11.6 Å². The number of anilines is 1. The van der Waals surface area contributed by atoms with Gasteiger partial charge in [-0.25, -0.2) is 12.8 Å². The van der Waals surface area contributed by atoms with Gasteiger partial charge in [0.05, 0.1) is 17.0 Å². The third-order valence-electron chi connectivity index (χ3n) is 4.76. The van der Waals surface area contributed by atoms with Crippen molar-refractivity contribution in [2.75, 3.05) is 17.1 Å².